The minimum Gasteiger partial charge on any atom is -0.383 e. The van der Waals surface area contributed by atoms with E-state index < -0.39 is 0 Å². The van der Waals surface area contributed by atoms with E-state index in [1.54, 1.807) is 18.4 Å². The van der Waals surface area contributed by atoms with Crippen LogP contribution in [0.3, 0.4) is 0 Å². The highest BCUT2D eigenvalue weighted by molar-refractivity contribution is 7.08. The van der Waals surface area contributed by atoms with Crippen molar-refractivity contribution in [2.24, 2.45) is 0 Å². The smallest absolute Gasteiger partial charge is 0.241 e. The van der Waals surface area contributed by atoms with Crippen molar-refractivity contribution < 1.29 is 9.26 Å². The Bertz CT molecular complexity index is 572. The average Bonchev–Trinajstić information content (AvgIpc) is 3.17. The highest BCUT2D eigenvalue weighted by Crippen LogP contribution is 2.19. The second kappa shape index (κ2) is 7.32. The van der Waals surface area contributed by atoms with Gasteiger partial charge in [0.2, 0.25) is 11.7 Å². The zero-order valence-corrected chi connectivity index (χ0v) is 13.9. The Balaban J connectivity index is 1.54. The monoisotopic (exact) mass is 322 g/mol. The largest absolute Gasteiger partial charge is 0.383 e. The van der Waals surface area contributed by atoms with E-state index in [-0.39, 0.29) is 0 Å². The van der Waals surface area contributed by atoms with E-state index in [0.29, 0.717) is 17.8 Å². The summed E-state index contributed by atoms with van der Waals surface area (Å²) in [6.45, 7) is 7.85. The second-order valence-corrected chi connectivity index (χ2v) is 6.42. The Morgan fingerprint density at radius 1 is 1.45 bits per heavy atom. The van der Waals surface area contributed by atoms with Crippen LogP contribution in [0.15, 0.2) is 21.3 Å². The Morgan fingerprint density at radius 3 is 3.09 bits per heavy atom. The summed E-state index contributed by atoms with van der Waals surface area (Å²) >= 11 is 1.64. The van der Waals surface area contributed by atoms with Crippen molar-refractivity contribution in [3.8, 4) is 11.4 Å². The summed E-state index contributed by atoms with van der Waals surface area (Å²) in [6, 6.07) is 2.53. The fourth-order valence-corrected chi connectivity index (χ4v) is 3.41. The maximum Gasteiger partial charge on any atom is 0.241 e. The molecule has 3 heterocycles. The SMILES string of the molecule is COCCN1CCN(Cc2nc(-c3ccsc3)no2)C[C@H]1C. The lowest BCUT2D eigenvalue weighted by atomic mass is 10.2. The molecule has 22 heavy (non-hydrogen) atoms. The molecule has 0 radical (unpaired) electrons. The lowest BCUT2D eigenvalue weighted by molar-refractivity contribution is 0.0512. The minimum atomic E-state index is 0.517. The van der Waals surface area contributed by atoms with Crippen molar-refractivity contribution in [1.82, 2.24) is 19.9 Å². The van der Waals surface area contributed by atoms with Gasteiger partial charge in [0, 0.05) is 50.3 Å². The second-order valence-electron chi connectivity index (χ2n) is 5.64. The molecule has 1 fully saturated rings. The number of thiophene rings is 1. The summed E-state index contributed by atoms with van der Waals surface area (Å²) in [5.41, 5.74) is 1.03. The van der Waals surface area contributed by atoms with Gasteiger partial charge in [0.15, 0.2) is 0 Å². The Hall–Kier alpha value is -1.28. The first-order valence-electron chi connectivity index (χ1n) is 7.57. The molecule has 3 rings (SSSR count). The van der Waals surface area contributed by atoms with E-state index in [1.165, 1.54) is 0 Å². The van der Waals surface area contributed by atoms with Gasteiger partial charge in [0.25, 0.3) is 0 Å². The Kier molecular flexibility index (Phi) is 5.20. The predicted molar refractivity (Wildman–Crippen MR) is 85.8 cm³/mol. The highest BCUT2D eigenvalue weighted by atomic mass is 32.1. The maximum atomic E-state index is 5.39. The van der Waals surface area contributed by atoms with Crippen molar-refractivity contribution >= 4 is 11.3 Å². The number of aromatic nitrogens is 2. The third-order valence-electron chi connectivity index (χ3n) is 4.04. The van der Waals surface area contributed by atoms with E-state index in [1.807, 2.05) is 16.8 Å². The predicted octanol–water partition coefficient (Wildman–Crippen LogP) is 1.95. The molecule has 120 valence electrons. The van der Waals surface area contributed by atoms with Gasteiger partial charge < -0.3 is 9.26 Å². The van der Waals surface area contributed by atoms with Crippen LogP contribution < -0.4 is 0 Å². The number of nitrogens with zero attached hydrogens (tertiary/aromatic N) is 4. The lowest BCUT2D eigenvalue weighted by Crippen LogP contribution is -2.52. The van der Waals surface area contributed by atoms with Crippen LogP contribution in [0.1, 0.15) is 12.8 Å². The van der Waals surface area contributed by atoms with Gasteiger partial charge in [-0.05, 0) is 18.4 Å². The topological polar surface area (TPSA) is 54.6 Å². The van der Waals surface area contributed by atoms with Crippen LogP contribution in [0.2, 0.25) is 0 Å². The summed E-state index contributed by atoms with van der Waals surface area (Å²) in [7, 11) is 1.75. The van der Waals surface area contributed by atoms with E-state index in [0.717, 1.165) is 44.9 Å². The number of hydrogen-bond acceptors (Lipinski definition) is 7. The van der Waals surface area contributed by atoms with Crippen LogP contribution >= 0.6 is 11.3 Å². The fourth-order valence-electron chi connectivity index (χ4n) is 2.77. The van der Waals surface area contributed by atoms with Gasteiger partial charge in [-0.15, -0.1) is 0 Å². The molecule has 0 saturated carbocycles. The lowest BCUT2D eigenvalue weighted by Gasteiger charge is -2.39. The highest BCUT2D eigenvalue weighted by Gasteiger charge is 2.24. The van der Waals surface area contributed by atoms with E-state index >= 15 is 0 Å². The van der Waals surface area contributed by atoms with Crippen LogP contribution in [-0.2, 0) is 11.3 Å². The molecule has 1 aliphatic heterocycles. The summed E-state index contributed by atoms with van der Waals surface area (Å²) in [6.07, 6.45) is 0. The van der Waals surface area contributed by atoms with Crippen LogP contribution in [-0.4, -0.2) is 65.9 Å². The molecule has 0 unspecified atom stereocenters. The van der Waals surface area contributed by atoms with Gasteiger partial charge in [-0.3, -0.25) is 9.80 Å². The minimum absolute atomic E-state index is 0.517. The van der Waals surface area contributed by atoms with Gasteiger partial charge in [-0.1, -0.05) is 5.16 Å². The zero-order chi connectivity index (χ0) is 15.4. The fraction of sp³-hybridized carbons (Fsp3) is 0.600. The van der Waals surface area contributed by atoms with Gasteiger partial charge in [-0.25, -0.2) is 0 Å². The Labute approximate surface area is 134 Å². The summed E-state index contributed by atoms with van der Waals surface area (Å²) in [5.74, 6) is 1.38. The maximum absolute atomic E-state index is 5.39. The zero-order valence-electron chi connectivity index (χ0n) is 13.1. The molecule has 0 spiro atoms. The molecule has 2 aromatic rings. The molecule has 0 amide bonds. The molecule has 0 bridgehead atoms. The molecule has 2 aromatic heterocycles. The molecule has 1 saturated heterocycles. The van der Waals surface area contributed by atoms with E-state index in [4.69, 9.17) is 9.26 Å². The van der Waals surface area contributed by atoms with Crippen LogP contribution in [0.4, 0.5) is 0 Å². The molecule has 0 aliphatic carbocycles. The molecule has 7 heteroatoms. The summed E-state index contributed by atoms with van der Waals surface area (Å²) < 4.78 is 10.6. The first-order valence-corrected chi connectivity index (χ1v) is 8.51. The molecule has 6 nitrogen and oxygen atoms in total. The van der Waals surface area contributed by atoms with Gasteiger partial charge >= 0.3 is 0 Å². The normalized spacial score (nSPS) is 20.5. The number of hydrogen-bond donors (Lipinski definition) is 0. The van der Waals surface area contributed by atoms with E-state index in [2.05, 4.69) is 26.9 Å². The van der Waals surface area contributed by atoms with E-state index in [9.17, 15) is 0 Å². The number of piperazine rings is 1. The average molecular weight is 322 g/mol. The van der Waals surface area contributed by atoms with Crippen molar-refractivity contribution in [2.45, 2.75) is 19.5 Å². The summed E-state index contributed by atoms with van der Waals surface area (Å²) in [5, 5.41) is 8.12. The number of methoxy groups -OCH3 is 1. The van der Waals surface area contributed by atoms with Crippen molar-refractivity contribution in [3.63, 3.8) is 0 Å². The molecule has 0 N–H and O–H groups in total. The summed E-state index contributed by atoms with van der Waals surface area (Å²) in [4.78, 5) is 9.33. The molecular formula is C15H22N4O2S. The number of rotatable bonds is 6. The Morgan fingerprint density at radius 2 is 2.36 bits per heavy atom. The van der Waals surface area contributed by atoms with Crippen molar-refractivity contribution in [1.29, 1.82) is 0 Å². The molecule has 1 atom stereocenters. The number of ether oxygens (including phenoxy) is 1. The first kappa shape index (κ1) is 15.6. The quantitative estimate of drug-likeness (QED) is 0.810. The third kappa shape index (κ3) is 3.73. The van der Waals surface area contributed by atoms with Crippen LogP contribution in [0.25, 0.3) is 11.4 Å². The van der Waals surface area contributed by atoms with Crippen LogP contribution in [0.5, 0.6) is 0 Å². The molecule has 0 aromatic carbocycles. The molecular weight excluding hydrogens is 300 g/mol. The van der Waals surface area contributed by atoms with Gasteiger partial charge in [0.1, 0.15) is 0 Å². The first-order chi connectivity index (χ1) is 10.8. The van der Waals surface area contributed by atoms with Crippen molar-refractivity contribution in [2.75, 3.05) is 39.9 Å². The van der Waals surface area contributed by atoms with Crippen LogP contribution in [0, 0.1) is 0 Å². The van der Waals surface area contributed by atoms with Crippen molar-refractivity contribution in [3.05, 3.63) is 22.7 Å². The van der Waals surface area contributed by atoms with Gasteiger partial charge in [0.05, 0.1) is 13.2 Å². The van der Waals surface area contributed by atoms with Gasteiger partial charge in [-0.2, -0.15) is 16.3 Å². The third-order valence-corrected chi connectivity index (χ3v) is 4.72. The molecule has 1 aliphatic rings. The standard InChI is InChI=1S/C15H22N4O2S/c1-12-9-18(4-5-19(12)6-7-20-2)10-14-16-15(17-21-14)13-3-8-22-11-13/h3,8,11-12H,4-7,9-10H2,1-2H3/t12-/m1/s1.